The van der Waals surface area contributed by atoms with Gasteiger partial charge in [-0.05, 0) is 36.2 Å². The summed E-state index contributed by atoms with van der Waals surface area (Å²) in [5.74, 6) is -1.70. The molecule has 0 heterocycles. The van der Waals surface area contributed by atoms with Crippen LogP contribution in [0.5, 0.6) is 0 Å². The highest BCUT2D eigenvalue weighted by molar-refractivity contribution is 6.30. The summed E-state index contributed by atoms with van der Waals surface area (Å²) in [7, 11) is 0. The quantitative estimate of drug-likeness (QED) is 0.814. The van der Waals surface area contributed by atoms with Crippen LogP contribution in [-0.2, 0) is 0 Å². The van der Waals surface area contributed by atoms with Crippen molar-refractivity contribution < 1.29 is 8.78 Å². The third-order valence-corrected chi connectivity index (χ3v) is 3.15. The molecule has 0 radical (unpaired) electrons. The van der Waals surface area contributed by atoms with Gasteiger partial charge in [0.05, 0.1) is 6.04 Å². The molecular formula is C15H14ClF2N. The van der Waals surface area contributed by atoms with Crippen molar-refractivity contribution in [2.24, 2.45) is 0 Å². The molecule has 0 aliphatic carbocycles. The zero-order valence-electron chi connectivity index (χ0n) is 10.5. The number of benzene rings is 2. The summed E-state index contributed by atoms with van der Waals surface area (Å²) in [6.45, 7) is 2.01. The molecular weight excluding hydrogens is 268 g/mol. The van der Waals surface area contributed by atoms with Crippen molar-refractivity contribution in [3.05, 3.63) is 64.7 Å². The predicted molar refractivity (Wildman–Crippen MR) is 74.5 cm³/mol. The first-order chi connectivity index (χ1) is 9.10. The second-order valence-corrected chi connectivity index (χ2v) is 4.73. The Kier molecular flexibility index (Phi) is 4.38. The van der Waals surface area contributed by atoms with Gasteiger partial charge >= 0.3 is 0 Å². The highest BCUT2D eigenvalue weighted by Gasteiger charge is 2.11. The summed E-state index contributed by atoms with van der Waals surface area (Å²) in [6, 6.07) is 11.3. The van der Waals surface area contributed by atoms with E-state index < -0.39 is 11.6 Å². The molecule has 0 aliphatic heterocycles. The molecule has 1 unspecified atom stereocenters. The molecule has 1 nitrogen and oxygen atoms in total. The van der Waals surface area contributed by atoms with Gasteiger partial charge in [0, 0.05) is 16.8 Å². The highest BCUT2D eigenvalue weighted by Crippen LogP contribution is 2.25. The number of rotatable bonds is 4. The normalized spacial score (nSPS) is 12.2. The first-order valence-electron chi connectivity index (χ1n) is 6.07. The Hall–Kier alpha value is -1.61. The molecule has 2 rings (SSSR count). The van der Waals surface area contributed by atoms with Gasteiger partial charge in [-0.3, -0.25) is 0 Å². The lowest BCUT2D eigenvalue weighted by molar-refractivity contribution is 0.509. The average Bonchev–Trinajstić information content (AvgIpc) is 2.40. The number of nitrogens with one attached hydrogen (secondary N) is 1. The van der Waals surface area contributed by atoms with Gasteiger partial charge in [-0.15, -0.1) is 0 Å². The van der Waals surface area contributed by atoms with Crippen LogP contribution in [0.15, 0.2) is 42.5 Å². The molecule has 1 N–H and O–H groups in total. The molecule has 100 valence electrons. The van der Waals surface area contributed by atoms with Crippen LogP contribution in [0, 0.1) is 11.6 Å². The summed E-state index contributed by atoms with van der Waals surface area (Å²) in [5, 5.41) is 3.83. The molecule has 19 heavy (non-hydrogen) atoms. The molecule has 2 aromatic carbocycles. The maximum Gasteiger partial charge on any atom is 0.160 e. The third kappa shape index (κ3) is 3.44. The first kappa shape index (κ1) is 13.8. The fourth-order valence-electron chi connectivity index (χ4n) is 1.93. The van der Waals surface area contributed by atoms with Crippen LogP contribution < -0.4 is 5.32 Å². The summed E-state index contributed by atoms with van der Waals surface area (Å²) in [5.41, 5.74) is 1.56. The molecule has 0 aliphatic rings. The molecule has 0 aromatic heterocycles. The minimum atomic E-state index is -0.856. The number of halogens is 3. The molecule has 0 saturated heterocycles. The van der Waals surface area contributed by atoms with Crippen LogP contribution in [0.4, 0.5) is 14.5 Å². The molecule has 2 aromatic rings. The van der Waals surface area contributed by atoms with E-state index >= 15 is 0 Å². The van der Waals surface area contributed by atoms with E-state index in [1.165, 1.54) is 6.07 Å². The Morgan fingerprint density at radius 3 is 2.53 bits per heavy atom. The predicted octanol–water partition coefficient (Wildman–Crippen LogP) is 5.18. The fraction of sp³-hybridized carbons (Fsp3) is 0.200. The SMILES string of the molecule is CCC(Nc1ccc(F)c(F)c1)c1cccc(Cl)c1. The van der Waals surface area contributed by atoms with E-state index in [4.69, 9.17) is 11.6 Å². The second-order valence-electron chi connectivity index (χ2n) is 4.29. The van der Waals surface area contributed by atoms with Gasteiger partial charge in [-0.1, -0.05) is 30.7 Å². The zero-order valence-corrected chi connectivity index (χ0v) is 11.2. The van der Waals surface area contributed by atoms with Crippen LogP contribution >= 0.6 is 11.6 Å². The molecule has 0 fully saturated rings. The van der Waals surface area contributed by atoms with E-state index in [1.54, 1.807) is 6.07 Å². The van der Waals surface area contributed by atoms with Crippen LogP contribution in [0.25, 0.3) is 0 Å². The monoisotopic (exact) mass is 281 g/mol. The first-order valence-corrected chi connectivity index (χ1v) is 6.45. The lowest BCUT2D eigenvalue weighted by Gasteiger charge is -2.19. The molecule has 0 bridgehead atoms. The molecule has 0 spiro atoms. The van der Waals surface area contributed by atoms with E-state index in [-0.39, 0.29) is 6.04 Å². The van der Waals surface area contributed by atoms with Gasteiger partial charge in [0.2, 0.25) is 0 Å². The standard InChI is InChI=1S/C15H14ClF2N/c1-2-15(10-4-3-5-11(16)8-10)19-12-6-7-13(17)14(18)9-12/h3-9,15,19H,2H2,1H3. The highest BCUT2D eigenvalue weighted by atomic mass is 35.5. The van der Waals surface area contributed by atoms with Crippen molar-refractivity contribution in [1.29, 1.82) is 0 Å². The number of hydrogen-bond donors (Lipinski definition) is 1. The Labute approximate surface area is 116 Å². The average molecular weight is 282 g/mol. The van der Waals surface area contributed by atoms with Crippen molar-refractivity contribution in [3.63, 3.8) is 0 Å². The van der Waals surface area contributed by atoms with Gasteiger partial charge in [0.1, 0.15) is 0 Å². The van der Waals surface area contributed by atoms with Gasteiger partial charge in [0.25, 0.3) is 0 Å². The maximum atomic E-state index is 13.2. The van der Waals surface area contributed by atoms with Crippen molar-refractivity contribution in [2.45, 2.75) is 19.4 Å². The molecule has 4 heteroatoms. The number of hydrogen-bond acceptors (Lipinski definition) is 1. The Morgan fingerprint density at radius 1 is 1.11 bits per heavy atom. The van der Waals surface area contributed by atoms with Crippen molar-refractivity contribution >= 4 is 17.3 Å². The lowest BCUT2D eigenvalue weighted by atomic mass is 10.0. The van der Waals surface area contributed by atoms with E-state index in [1.807, 2.05) is 25.1 Å². The zero-order chi connectivity index (χ0) is 13.8. The molecule has 1 atom stereocenters. The Balaban J connectivity index is 2.21. The van der Waals surface area contributed by atoms with Crippen LogP contribution in [0.1, 0.15) is 24.9 Å². The Bertz CT molecular complexity index is 572. The van der Waals surface area contributed by atoms with Crippen LogP contribution in [0.2, 0.25) is 5.02 Å². The van der Waals surface area contributed by atoms with Gasteiger partial charge in [-0.2, -0.15) is 0 Å². The summed E-state index contributed by atoms with van der Waals surface area (Å²) in [6.07, 6.45) is 0.805. The van der Waals surface area contributed by atoms with Crippen LogP contribution in [-0.4, -0.2) is 0 Å². The Morgan fingerprint density at radius 2 is 1.89 bits per heavy atom. The lowest BCUT2D eigenvalue weighted by Crippen LogP contribution is -2.10. The fourth-order valence-corrected chi connectivity index (χ4v) is 2.13. The minimum Gasteiger partial charge on any atom is -0.378 e. The largest absolute Gasteiger partial charge is 0.378 e. The minimum absolute atomic E-state index is 0.00330. The van der Waals surface area contributed by atoms with E-state index in [0.717, 1.165) is 24.1 Å². The second kappa shape index (κ2) is 6.02. The summed E-state index contributed by atoms with van der Waals surface area (Å²) in [4.78, 5) is 0. The van der Waals surface area contributed by atoms with Gasteiger partial charge < -0.3 is 5.32 Å². The van der Waals surface area contributed by atoms with Gasteiger partial charge in [0.15, 0.2) is 11.6 Å². The topological polar surface area (TPSA) is 12.0 Å². The smallest absolute Gasteiger partial charge is 0.160 e. The number of anilines is 1. The molecule has 0 saturated carbocycles. The third-order valence-electron chi connectivity index (χ3n) is 2.92. The molecule has 0 amide bonds. The van der Waals surface area contributed by atoms with Crippen molar-refractivity contribution in [1.82, 2.24) is 0 Å². The summed E-state index contributed by atoms with van der Waals surface area (Å²) >= 11 is 5.96. The van der Waals surface area contributed by atoms with Crippen LogP contribution in [0.3, 0.4) is 0 Å². The summed E-state index contributed by atoms with van der Waals surface area (Å²) < 4.78 is 26.0. The van der Waals surface area contributed by atoms with Crippen molar-refractivity contribution in [3.8, 4) is 0 Å². The van der Waals surface area contributed by atoms with E-state index in [9.17, 15) is 8.78 Å². The van der Waals surface area contributed by atoms with E-state index in [2.05, 4.69) is 5.32 Å². The van der Waals surface area contributed by atoms with Gasteiger partial charge in [-0.25, -0.2) is 8.78 Å². The maximum absolute atomic E-state index is 13.2. The van der Waals surface area contributed by atoms with E-state index in [0.29, 0.717) is 10.7 Å². The van der Waals surface area contributed by atoms with Crippen molar-refractivity contribution in [2.75, 3.05) is 5.32 Å².